The number of phosphoric acid groups is 2. The van der Waals surface area contributed by atoms with Crippen LogP contribution >= 0.6 is 15.6 Å². The molecule has 11 heteroatoms. The molecule has 0 aromatic carbocycles. The minimum absolute atomic E-state index is 0. The van der Waals surface area contributed by atoms with Crippen molar-refractivity contribution in [1.29, 1.82) is 0 Å². The zero-order valence-electron chi connectivity index (χ0n) is 7.32. The fraction of sp³-hybridized carbons (Fsp3) is 0. The van der Waals surface area contributed by atoms with E-state index >= 15 is 0 Å². The molecule has 8 nitrogen and oxygen atoms in total. The van der Waals surface area contributed by atoms with E-state index in [2.05, 4.69) is 4.31 Å². The number of rotatable bonds is 2. The van der Waals surface area contributed by atoms with Crippen LogP contribution in [0.15, 0.2) is 0 Å². The fourth-order valence-electron chi connectivity index (χ4n) is 0.139. The maximum atomic E-state index is 9.63. The van der Waals surface area contributed by atoms with Gasteiger partial charge in [-0.05, 0) is 0 Å². The summed E-state index contributed by atoms with van der Waals surface area (Å²) in [6.07, 6.45) is 0. The van der Waals surface area contributed by atoms with Crippen LogP contribution in [0.1, 0.15) is 2.85 Å². The largest absolute Gasteiger partial charge is 2.00 e. The Hall–Kier alpha value is 1.48. The maximum Gasteiger partial charge on any atom is 2.00 e. The van der Waals surface area contributed by atoms with Gasteiger partial charge in [-0.15, -0.1) is 0 Å². The van der Waals surface area contributed by atoms with Gasteiger partial charge < -0.3 is 28.6 Å². The van der Waals surface area contributed by atoms with E-state index in [0.29, 0.717) is 0 Å². The van der Waals surface area contributed by atoms with Crippen molar-refractivity contribution in [3.63, 3.8) is 0 Å². The first-order valence-corrected chi connectivity index (χ1v) is 4.59. The molecular weight excluding hydrogens is 228 g/mol. The van der Waals surface area contributed by atoms with Gasteiger partial charge in [0.15, 0.2) is 0 Å². The molecule has 0 heterocycles. The average Bonchev–Trinajstić information content (AvgIpc) is 1.14. The Morgan fingerprint density at radius 1 is 1.00 bits per heavy atom. The molecule has 0 aliphatic heterocycles. The van der Waals surface area contributed by atoms with Crippen molar-refractivity contribution in [1.82, 2.24) is 6.15 Å². The summed E-state index contributed by atoms with van der Waals surface area (Å²) in [4.78, 5) is 31.0. The zero-order valence-corrected chi connectivity index (χ0v) is 9.32. The van der Waals surface area contributed by atoms with Gasteiger partial charge >= 0.3 is 53.4 Å². The topological polar surface area (TPSA) is 159 Å². The molecule has 0 aliphatic carbocycles. The Kier molecular flexibility index (Phi) is 10.0. The third kappa shape index (κ3) is 18.4. The second-order valence-corrected chi connectivity index (χ2v) is 3.68. The molecule has 0 aromatic heterocycles. The first-order valence-electron chi connectivity index (χ1n) is 1.53. The minimum atomic E-state index is -5.05. The van der Waals surface area contributed by atoms with E-state index in [4.69, 9.17) is 19.6 Å². The van der Waals surface area contributed by atoms with Gasteiger partial charge in [0.25, 0.3) is 0 Å². The molecule has 11 heavy (non-hydrogen) atoms. The van der Waals surface area contributed by atoms with Gasteiger partial charge in [0, 0.05) is 0 Å². The van der Waals surface area contributed by atoms with Crippen LogP contribution in [0.3, 0.4) is 0 Å². The van der Waals surface area contributed by atoms with Gasteiger partial charge in [-0.1, -0.05) is 0 Å². The summed E-state index contributed by atoms with van der Waals surface area (Å²) in [5, 5.41) is 0. The molecule has 0 atom stereocenters. The van der Waals surface area contributed by atoms with Crippen LogP contribution < -0.4 is 6.15 Å². The smallest absolute Gasteiger partial charge is 1.00 e. The molecule has 0 spiro atoms. The van der Waals surface area contributed by atoms with Crippen LogP contribution in [0.25, 0.3) is 0 Å². The summed E-state index contributed by atoms with van der Waals surface area (Å²) in [6, 6.07) is 0. The molecule has 0 saturated heterocycles. The van der Waals surface area contributed by atoms with Gasteiger partial charge in [-0.3, -0.25) is 0 Å². The van der Waals surface area contributed by atoms with Crippen LogP contribution in [0, 0.1) is 0 Å². The van der Waals surface area contributed by atoms with E-state index in [0.717, 1.165) is 0 Å². The first kappa shape index (κ1) is 18.3. The van der Waals surface area contributed by atoms with Gasteiger partial charge in [-0.2, -0.15) is 4.31 Å². The van der Waals surface area contributed by atoms with Gasteiger partial charge in [0.2, 0.25) is 0 Å². The van der Waals surface area contributed by atoms with E-state index in [-0.39, 0.29) is 46.7 Å². The van der Waals surface area contributed by atoms with Crippen LogP contribution in [0.5, 0.6) is 0 Å². The monoisotopic (exact) mass is 237 g/mol. The molecule has 0 aromatic rings. The third-order valence-corrected chi connectivity index (χ3v) is 1.91. The predicted octanol–water partition coefficient (Wildman–Crippen LogP) is -0.805. The summed E-state index contributed by atoms with van der Waals surface area (Å²) in [5.41, 5.74) is 0. The maximum absolute atomic E-state index is 9.63. The number of hydrogen-bond acceptors (Lipinski definition) is 4. The molecule has 0 aliphatic rings. The van der Waals surface area contributed by atoms with Crippen LogP contribution in [-0.2, 0) is 13.4 Å². The van der Waals surface area contributed by atoms with E-state index in [9.17, 15) is 9.13 Å². The van der Waals surface area contributed by atoms with E-state index < -0.39 is 15.6 Å². The summed E-state index contributed by atoms with van der Waals surface area (Å²) < 4.78 is 22.2. The minimum Gasteiger partial charge on any atom is -1.00 e. The SMILES string of the molecule is N.O=P(O)(O)OP(=O)(O)O.[Ca+2].[H-].[H-]. The fourth-order valence-corrected chi connectivity index (χ4v) is 1.25. The van der Waals surface area contributed by atoms with Gasteiger partial charge in [0.1, 0.15) is 0 Å². The molecule has 7 N–H and O–H groups in total. The van der Waals surface area contributed by atoms with Crippen molar-refractivity contribution >= 4 is 53.4 Å². The van der Waals surface area contributed by atoms with Crippen LogP contribution in [0.4, 0.5) is 0 Å². The average molecular weight is 237 g/mol. The summed E-state index contributed by atoms with van der Waals surface area (Å²) in [6.45, 7) is 0. The molecule has 0 amide bonds. The van der Waals surface area contributed by atoms with Crippen molar-refractivity contribution in [3.8, 4) is 0 Å². The predicted molar refractivity (Wildman–Crippen MR) is 38.2 cm³/mol. The first-order chi connectivity index (χ1) is 3.71. The van der Waals surface area contributed by atoms with Crippen LogP contribution in [0.2, 0.25) is 0 Å². The normalized spacial score (nSPS) is 11.3. The Balaban J connectivity index is -0.0000000533. The second-order valence-electron chi connectivity index (χ2n) is 1.06. The standard InChI is InChI=1S/Ca.H3N.H4O7P2.2H/c;;1-8(2,3)7-9(4,5)6;;/h;1H3;(H2,1,2,3)(H2,4,5,6);;/q+2;;;2*-1. The molecule has 0 fully saturated rings. The van der Waals surface area contributed by atoms with Gasteiger partial charge in [0.05, 0.1) is 0 Å². The molecule has 0 radical (unpaired) electrons. The quantitative estimate of drug-likeness (QED) is 0.308. The van der Waals surface area contributed by atoms with Crippen molar-refractivity contribution in [2.24, 2.45) is 0 Å². The van der Waals surface area contributed by atoms with E-state index in [1.54, 1.807) is 0 Å². The van der Waals surface area contributed by atoms with Crippen molar-refractivity contribution in [3.05, 3.63) is 0 Å². The van der Waals surface area contributed by atoms with E-state index in [1.165, 1.54) is 0 Å². The molecule has 0 bridgehead atoms. The third-order valence-electron chi connectivity index (χ3n) is 0.213. The van der Waals surface area contributed by atoms with Crippen molar-refractivity contribution in [2.45, 2.75) is 0 Å². The summed E-state index contributed by atoms with van der Waals surface area (Å²) >= 11 is 0. The Morgan fingerprint density at radius 3 is 1.18 bits per heavy atom. The molecule has 68 valence electrons. The Bertz CT molecular complexity index is 165. The Labute approximate surface area is 95.0 Å². The zero-order chi connectivity index (χ0) is 7.71. The summed E-state index contributed by atoms with van der Waals surface area (Å²) in [7, 11) is -10.1. The molecule has 0 rings (SSSR count). The molecular formula is H9CaNO7P2. The molecule has 0 saturated carbocycles. The summed E-state index contributed by atoms with van der Waals surface area (Å²) in [5.74, 6) is 0. The number of hydrogen-bond donors (Lipinski definition) is 5. The van der Waals surface area contributed by atoms with Gasteiger partial charge in [-0.25, -0.2) is 9.13 Å². The molecule has 0 unspecified atom stereocenters. The van der Waals surface area contributed by atoms with Crippen molar-refractivity contribution in [2.75, 3.05) is 0 Å². The van der Waals surface area contributed by atoms with E-state index in [1.807, 2.05) is 0 Å². The van der Waals surface area contributed by atoms with Crippen molar-refractivity contribution < 1.29 is 35.9 Å². The Morgan fingerprint density at radius 2 is 1.18 bits per heavy atom. The second kappa shape index (κ2) is 6.01. The van der Waals surface area contributed by atoms with Crippen LogP contribution in [-0.4, -0.2) is 57.3 Å².